The molecule has 1 aliphatic rings. The van der Waals surface area contributed by atoms with E-state index in [0.717, 1.165) is 17.1 Å². The molecule has 2 N–H and O–H groups in total. The van der Waals surface area contributed by atoms with E-state index < -0.39 is 12.0 Å². The lowest BCUT2D eigenvalue weighted by Crippen LogP contribution is -2.37. The van der Waals surface area contributed by atoms with Gasteiger partial charge in [0.15, 0.2) is 11.5 Å². The molecule has 0 amide bonds. The van der Waals surface area contributed by atoms with Crippen LogP contribution in [0.2, 0.25) is 0 Å². The SMILES string of the molecule is CC(C)C[C@@H](NCc1ccc2c(c1)OCCO2)C(=O)O. The molecule has 1 aliphatic heterocycles. The second-order valence-corrected chi connectivity index (χ2v) is 5.38. The van der Waals surface area contributed by atoms with E-state index in [-0.39, 0.29) is 0 Å². The van der Waals surface area contributed by atoms with Crippen molar-refractivity contribution in [3.05, 3.63) is 23.8 Å². The van der Waals surface area contributed by atoms with E-state index in [1.807, 2.05) is 32.0 Å². The van der Waals surface area contributed by atoms with Gasteiger partial charge in [-0.2, -0.15) is 0 Å². The Balaban J connectivity index is 1.97. The molecular weight excluding hydrogens is 258 g/mol. The Labute approximate surface area is 118 Å². The summed E-state index contributed by atoms with van der Waals surface area (Å²) in [7, 11) is 0. The minimum absolute atomic E-state index is 0.337. The van der Waals surface area contributed by atoms with Crippen LogP contribution in [0.15, 0.2) is 18.2 Å². The quantitative estimate of drug-likeness (QED) is 0.834. The molecule has 20 heavy (non-hydrogen) atoms. The maximum Gasteiger partial charge on any atom is 0.320 e. The molecule has 1 atom stereocenters. The third-order valence-corrected chi connectivity index (χ3v) is 3.16. The first kappa shape index (κ1) is 14.7. The van der Waals surface area contributed by atoms with Gasteiger partial charge in [0.05, 0.1) is 0 Å². The average Bonchev–Trinajstić information content (AvgIpc) is 2.42. The lowest BCUT2D eigenvalue weighted by molar-refractivity contribution is -0.140. The number of nitrogens with one attached hydrogen (secondary N) is 1. The summed E-state index contributed by atoms with van der Waals surface area (Å²) in [5.41, 5.74) is 0.990. The fraction of sp³-hybridized carbons (Fsp3) is 0.533. The van der Waals surface area contributed by atoms with E-state index in [2.05, 4.69) is 5.32 Å². The topological polar surface area (TPSA) is 67.8 Å². The lowest BCUT2D eigenvalue weighted by atomic mass is 10.0. The Hall–Kier alpha value is -1.75. The van der Waals surface area contributed by atoms with Crippen LogP contribution in [0.25, 0.3) is 0 Å². The number of hydrogen-bond acceptors (Lipinski definition) is 4. The smallest absolute Gasteiger partial charge is 0.320 e. The van der Waals surface area contributed by atoms with Crippen molar-refractivity contribution in [3.8, 4) is 11.5 Å². The van der Waals surface area contributed by atoms with Crippen LogP contribution in [0.1, 0.15) is 25.8 Å². The molecule has 1 heterocycles. The summed E-state index contributed by atoms with van der Waals surface area (Å²) in [5, 5.41) is 12.3. The fourth-order valence-electron chi connectivity index (χ4n) is 2.18. The number of carbonyl (C=O) groups is 1. The van der Waals surface area contributed by atoms with Crippen molar-refractivity contribution in [2.75, 3.05) is 13.2 Å². The van der Waals surface area contributed by atoms with Crippen molar-refractivity contribution in [3.63, 3.8) is 0 Å². The molecule has 1 aromatic carbocycles. The van der Waals surface area contributed by atoms with Gasteiger partial charge in [0.1, 0.15) is 19.3 Å². The number of carboxylic acid groups (broad SMARTS) is 1. The molecule has 5 nitrogen and oxygen atoms in total. The van der Waals surface area contributed by atoms with Crippen LogP contribution in [0.4, 0.5) is 0 Å². The van der Waals surface area contributed by atoms with Crippen molar-refractivity contribution in [2.45, 2.75) is 32.9 Å². The van der Waals surface area contributed by atoms with Crippen LogP contribution in [0.5, 0.6) is 11.5 Å². The van der Waals surface area contributed by atoms with Crippen LogP contribution in [-0.4, -0.2) is 30.3 Å². The molecule has 0 fully saturated rings. The number of rotatable bonds is 6. The van der Waals surface area contributed by atoms with Crippen LogP contribution in [0.3, 0.4) is 0 Å². The first-order chi connectivity index (χ1) is 9.56. The zero-order chi connectivity index (χ0) is 14.5. The highest BCUT2D eigenvalue weighted by Gasteiger charge is 2.18. The Kier molecular flexibility index (Phi) is 4.84. The number of fused-ring (bicyclic) bond motifs is 1. The molecule has 0 saturated carbocycles. The fourth-order valence-corrected chi connectivity index (χ4v) is 2.18. The molecule has 0 radical (unpaired) electrons. The number of carboxylic acids is 1. The van der Waals surface area contributed by atoms with Crippen LogP contribution in [0, 0.1) is 5.92 Å². The molecule has 0 aromatic heterocycles. The first-order valence-electron chi connectivity index (χ1n) is 6.91. The molecule has 1 aromatic rings. The predicted molar refractivity (Wildman–Crippen MR) is 75.2 cm³/mol. The normalized spacial score (nSPS) is 15.2. The standard InChI is InChI=1S/C15H21NO4/c1-10(2)7-12(15(17)18)16-9-11-3-4-13-14(8-11)20-6-5-19-13/h3-4,8,10,12,16H,5-7,9H2,1-2H3,(H,17,18)/t12-/m1/s1. The maximum absolute atomic E-state index is 11.2. The molecule has 0 saturated heterocycles. The number of hydrogen-bond donors (Lipinski definition) is 2. The van der Waals surface area contributed by atoms with E-state index in [1.54, 1.807) is 0 Å². The summed E-state index contributed by atoms with van der Waals surface area (Å²) < 4.78 is 11.0. The van der Waals surface area contributed by atoms with Crippen molar-refractivity contribution in [1.29, 1.82) is 0 Å². The van der Waals surface area contributed by atoms with Crippen LogP contribution < -0.4 is 14.8 Å². The highest BCUT2D eigenvalue weighted by atomic mass is 16.6. The molecule has 0 unspecified atom stereocenters. The second-order valence-electron chi connectivity index (χ2n) is 5.38. The van der Waals surface area contributed by atoms with Crippen molar-refractivity contribution in [2.24, 2.45) is 5.92 Å². The highest BCUT2D eigenvalue weighted by Crippen LogP contribution is 2.30. The Morgan fingerprint density at radius 3 is 2.65 bits per heavy atom. The summed E-state index contributed by atoms with van der Waals surface area (Å²) in [6.45, 7) is 5.65. The summed E-state index contributed by atoms with van der Waals surface area (Å²) >= 11 is 0. The van der Waals surface area contributed by atoms with E-state index in [1.165, 1.54) is 0 Å². The van der Waals surface area contributed by atoms with Gasteiger partial charge < -0.3 is 19.9 Å². The van der Waals surface area contributed by atoms with Gasteiger partial charge in [-0.3, -0.25) is 4.79 Å². The molecule has 110 valence electrons. The number of aliphatic carboxylic acids is 1. The van der Waals surface area contributed by atoms with Gasteiger partial charge in [0.25, 0.3) is 0 Å². The van der Waals surface area contributed by atoms with E-state index >= 15 is 0 Å². The third kappa shape index (κ3) is 3.87. The van der Waals surface area contributed by atoms with Gasteiger partial charge in [-0.15, -0.1) is 0 Å². The van der Waals surface area contributed by atoms with Crippen molar-refractivity contribution < 1.29 is 19.4 Å². The van der Waals surface area contributed by atoms with Crippen LogP contribution >= 0.6 is 0 Å². The zero-order valence-electron chi connectivity index (χ0n) is 11.9. The van der Waals surface area contributed by atoms with Crippen molar-refractivity contribution >= 4 is 5.97 Å². The molecular formula is C15H21NO4. The Morgan fingerprint density at radius 2 is 2.00 bits per heavy atom. The summed E-state index contributed by atoms with van der Waals surface area (Å²) in [5.74, 6) is 1.00. The summed E-state index contributed by atoms with van der Waals surface area (Å²) in [4.78, 5) is 11.2. The lowest BCUT2D eigenvalue weighted by Gasteiger charge is -2.20. The molecule has 0 spiro atoms. The van der Waals surface area contributed by atoms with Crippen LogP contribution in [-0.2, 0) is 11.3 Å². The van der Waals surface area contributed by atoms with E-state index in [4.69, 9.17) is 9.47 Å². The second kappa shape index (κ2) is 6.61. The maximum atomic E-state index is 11.2. The highest BCUT2D eigenvalue weighted by molar-refractivity contribution is 5.73. The largest absolute Gasteiger partial charge is 0.486 e. The number of benzene rings is 1. The average molecular weight is 279 g/mol. The predicted octanol–water partition coefficient (Wildman–Crippen LogP) is 2.05. The first-order valence-corrected chi connectivity index (χ1v) is 6.91. The van der Waals surface area contributed by atoms with E-state index in [9.17, 15) is 9.90 Å². The van der Waals surface area contributed by atoms with Gasteiger partial charge in [0, 0.05) is 6.54 Å². The summed E-state index contributed by atoms with van der Waals surface area (Å²) in [6, 6.07) is 5.16. The molecule has 0 bridgehead atoms. The zero-order valence-corrected chi connectivity index (χ0v) is 11.9. The van der Waals surface area contributed by atoms with Gasteiger partial charge >= 0.3 is 5.97 Å². The van der Waals surface area contributed by atoms with Gasteiger partial charge in [-0.25, -0.2) is 0 Å². The molecule has 5 heteroatoms. The van der Waals surface area contributed by atoms with Crippen molar-refractivity contribution in [1.82, 2.24) is 5.32 Å². The minimum Gasteiger partial charge on any atom is -0.486 e. The Bertz CT molecular complexity index is 473. The van der Waals surface area contributed by atoms with Gasteiger partial charge in [-0.05, 0) is 30.0 Å². The third-order valence-electron chi connectivity index (χ3n) is 3.16. The molecule has 0 aliphatic carbocycles. The summed E-state index contributed by atoms with van der Waals surface area (Å²) in [6.07, 6.45) is 0.611. The number of ether oxygens (including phenoxy) is 2. The molecule has 2 rings (SSSR count). The van der Waals surface area contributed by atoms with E-state index in [0.29, 0.717) is 32.1 Å². The minimum atomic E-state index is -0.809. The Morgan fingerprint density at radius 1 is 1.30 bits per heavy atom. The van der Waals surface area contributed by atoms with Gasteiger partial charge in [-0.1, -0.05) is 19.9 Å². The van der Waals surface area contributed by atoms with Gasteiger partial charge in [0.2, 0.25) is 0 Å². The monoisotopic (exact) mass is 279 g/mol.